The lowest BCUT2D eigenvalue weighted by molar-refractivity contribution is -0.453. The average molecular weight is 510 g/mol. The van der Waals surface area contributed by atoms with Crippen molar-refractivity contribution in [1.82, 2.24) is 0 Å². The van der Waals surface area contributed by atoms with Crippen molar-refractivity contribution in [3.05, 3.63) is 59.7 Å². The molecule has 0 amide bonds. The second-order valence-electron chi connectivity index (χ2n) is 6.16. The van der Waals surface area contributed by atoms with Crippen molar-refractivity contribution in [3.63, 3.8) is 0 Å². The van der Waals surface area contributed by atoms with E-state index in [9.17, 15) is 19.2 Å². The molecule has 0 N–H and O–H groups in total. The third-order valence-corrected chi connectivity index (χ3v) is 3.71. The van der Waals surface area contributed by atoms with Gasteiger partial charge in [0.2, 0.25) is 0 Å². The van der Waals surface area contributed by atoms with Crippen molar-refractivity contribution in [2.75, 3.05) is 26.4 Å². The molecule has 14 nitrogen and oxygen atoms in total. The summed E-state index contributed by atoms with van der Waals surface area (Å²) in [6.07, 6.45) is -2.80. The van der Waals surface area contributed by atoms with Gasteiger partial charge in [-0.25, -0.2) is 29.0 Å². The van der Waals surface area contributed by atoms with E-state index in [1.165, 1.54) is 24.3 Å². The summed E-state index contributed by atoms with van der Waals surface area (Å²) in [4.78, 5) is 63.1. The molecule has 0 spiro atoms. The van der Waals surface area contributed by atoms with Crippen LogP contribution in [0.3, 0.4) is 0 Å². The maximum Gasteiger partial charge on any atom is 0.543 e. The minimum Gasteiger partial charge on any atom is -0.494 e. The van der Waals surface area contributed by atoms with E-state index < -0.39 is 37.5 Å². The highest BCUT2D eigenvalue weighted by Crippen LogP contribution is 2.15. The first kappa shape index (κ1) is 27.7. The highest BCUT2D eigenvalue weighted by atomic mass is 17.5. The molecule has 0 atom stereocenters. The molecule has 0 fully saturated rings. The van der Waals surface area contributed by atoms with Crippen molar-refractivity contribution < 1.29 is 67.8 Å². The molecule has 0 aliphatic heterocycles. The Balaban J connectivity index is 1.55. The average Bonchev–Trinajstić information content (AvgIpc) is 2.87. The van der Waals surface area contributed by atoms with Crippen molar-refractivity contribution in [2.24, 2.45) is 0 Å². The van der Waals surface area contributed by atoms with E-state index in [1.807, 2.05) is 0 Å². The number of ether oxygens (including phenoxy) is 4. The van der Waals surface area contributed by atoms with E-state index in [4.69, 9.17) is 9.47 Å². The van der Waals surface area contributed by atoms with E-state index in [0.717, 1.165) is 0 Å². The molecule has 2 aromatic carbocycles. The van der Waals surface area contributed by atoms with Crippen molar-refractivity contribution in [1.29, 1.82) is 0 Å². The van der Waals surface area contributed by atoms with Crippen molar-refractivity contribution >= 4 is 24.2 Å². The van der Waals surface area contributed by atoms with Crippen LogP contribution in [0.15, 0.2) is 48.5 Å². The van der Waals surface area contributed by atoms with Crippen LogP contribution in [0.2, 0.25) is 0 Å². The number of carbonyl (C=O) groups excluding carboxylic acids is 4. The predicted molar refractivity (Wildman–Crippen MR) is 113 cm³/mol. The Kier molecular flexibility index (Phi) is 11.8. The molecule has 2 aromatic rings. The van der Waals surface area contributed by atoms with Crippen LogP contribution in [-0.4, -0.2) is 50.7 Å². The lowest BCUT2D eigenvalue weighted by Crippen LogP contribution is -2.17. The summed E-state index contributed by atoms with van der Waals surface area (Å²) < 4.78 is 19.5. The summed E-state index contributed by atoms with van der Waals surface area (Å²) in [5.74, 6) is -1.06. The zero-order valence-electron chi connectivity index (χ0n) is 19.2. The summed E-state index contributed by atoms with van der Waals surface area (Å²) in [7, 11) is 0. The van der Waals surface area contributed by atoms with Gasteiger partial charge in [0, 0.05) is 0 Å². The van der Waals surface area contributed by atoms with Crippen LogP contribution in [0.4, 0.5) is 9.59 Å². The first-order chi connectivity index (χ1) is 17.4. The second-order valence-corrected chi connectivity index (χ2v) is 6.16. The number of carbonyl (C=O) groups is 4. The highest BCUT2D eigenvalue weighted by Gasteiger charge is 2.15. The van der Waals surface area contributed by atoms with E-state index >= 15 is 0 Å². The maximum absolute atomic E-state index is 11.8. The number of hydrogen-bond donors (Lipinski definition) is 0. The van der Waals surface area contributed by atoms with E-state index in [-0.39, 0.29) is 11.1 Å². The Morgan fingerprint density at radius 1 is 0.611 bits per heavy atom. The molecule has 0 heterocycles. The van der Waals surface area contributed by atoms with Gasteiger partial charge in [-0.05, 0) is 50.2 Å². The van der Waals surface area contributed by atoms with E-state index in [1.54, 1.807) is 38.1 Å². The molecule has 0 aromatic heterocycles. The molecular formula is C22H22O14. The van der Waals surface area contributed by atoms with Crippen molar-refractivity contribution in [3.8, 4) is 11.5 Å². The molecule has 0 saturated carbocycles. The van der Waals surface area contributed by atoms with E-state index in [2.05, 4.69) is 39.1 Å². The molecule has 0 aliphatic rings. The molecule has 14 heteroatoms. The van der Waals surface area contributed by atoms with Crippen LogP contribution in [0.1, 0.15) is 34.6 Å². The largest absolute Gasteiger partial charge is 0.543 e. The fourth-order valence-electron chi connectivity index (χ4n) is 2.30. The topological polar surface area (TPSA) is 161 Å². The Morgan fingerprint density at radius 3 is 1.42 bits per heavy atom. The van der Waals surface area contributed by atoms with Crippen LogP contribution in [0.5, 0.6) is 11.5 Å². The number of benzene rings is 2. The second kappa shape index (κ2) is 15.4. The fourth-order valence-corrected chi connectivity index (χ4v) is 2.30. The third-order valence-electron chi connectivity index (χ3n) is 3.71. The van der Waals surface area contributed by atoms with E-state index in [0.29, 0.717) is 24.7 Å². The lowest BCUT2D eigenvalue weighted by Gasteiger charge is -2.06. The summed E-state index contributed by atoms with van der Waals surface area (Å²) in [5.41, 5.74) is 0.161. The molecule has 0 radical (unpaired) electrons. The molecule has 194 valence electrons. The van der Waals surface area contributed by atoms with Crippen LogP contribution in [-0.2, 0) is 39.1 Å². The zero-order chi connectivity index (χ0) is 26.2. The third kappa shape index (κ3) is 10.1. The summed E-state index contributed by atoms with van der Waals surface area (Å²) >= 11 is 0. The normalized spacial score (nSPS) is 9.94. The van der Waals surface area contributed by atoms with Gasteiger partial charge in [-0.2, -0.15) is 0 Å². The fraction of sp³-hybridized carbons (Fsp3) is 0.273. The zero-order valence-corrected chi connectivity index (χ0v) is 19.2. The quantitative estimate of drug-likeness (QED) is 0.167. The summed E-state index contributed by atoms with van der Waals surface area (Å²) in [6, 6.07) is 12.0. The highest BCUT2D eigenvalue weighted by molar-refractivity contribution is 5.89. The number of rotatable bonds is 13. The monoisotopic (exact) mass is 510 g/mol. The molecule has 2 rings (SSSR count). The molecule has 0 aliphatic carbocycles. The summed E-state index contributed by atoms with van der Waals surface area (Å²) in [5, 5.41) is 8.10. The van der Waals surface area contributed by atoms with Crippen LogP contribution in [0.25, 0.3) is 0 Å². The maximum atomic E-state index is 11.8. The van der Waals surface area contributed by atoms with Gasteiger partial charge in [-0.15, -0.1) is 0 Å². The Bertz CT molecular complexity index is 940. The van der Waals surface area contributed by atoms with Crippen LogP contribution >= 0.6 is 0 Å². The Morgan fingerprint density at radius 2 is 1.03 bits per heavy atom. The minimum absolute atomic E-state index is 0.0803. The van der Waals surface area contributed by atoms with Crippen LogP contribution in [0, 0.1) is 0 Å². The number of hydrogen-bond acceptors (Lipinski definition) is 14. The molecule has 0 bridgehead atoms. The first-order valence-electron chi connectivity index (χ1n) is 10.3. The van der Waals surface area contributed by atoms with Gasteiger partial charge in [0.1, 0.15) is 24.7 Å². The Labute approximate surface area is 204 Å². The van der Waals surface area contributed by atoms with Gasteiger partial charge < -0.3 is 18.9 Å². The SMILES string of the molecule is CCOc1cccc(C(=O)OOOC(=O)OCCOC(=O)OOOC(=O)c2cccc(OCC)c2)c1. The Hall–Kier alpha value is -4.56. The van der Waals surface area contributed by atoms with Crippen LogP contribution < -0.4 is 9.47 Å². The van der Waals surface area contributed by atoms with Gasteiger partial charge in [0.05, 0.1) is 34.4 Å². The standard InChI is InChI=1S/C22H22O14/c1-3-27-17-9-5-7-15(13-17)19(23)31-35-33-21(25)29-11-12-30-22(26)34-36-32-20(24)16-8-6-10-18(14-16)28-4-2/h5-10,13-14H,3-4,11-12H2,1-2H3. The van der Waals surface area contributed by atoms with Crippen molar-refractivity contribution in [2.45, 2.75) is 13.8 Å². The van der Waals surface area contributed by atoms with Gasteiger partial charge in [0.15, 0.2) is 0 Å². The molecule has 36 heavy (non-hydrogen) atoms. The first-order valence-corrected chi connectivity index (χ1v) is 10.3. The molecular weight excluding hydrogens is 488 g/mol. The van der Waals surface area contributed by atoms with Gasteiger partial charge in [-0.3, -0.25) is 9.78 Å². The predicted octanol–water partition coefficient (Wildman–Crippen LogP) is 3.50. The summed E-state index contributed by atoms with van der Waals surface area (Å²) in [6.45, 7) is 3.36. The van der Waals surface area contributed by atoms with Gasteiger partial charge in [-0.1, -0.05) is 12.1 Å². The minimum atomic E-state index is -1.40. The van der Waals surface area contributed by atoms with Gasteiger partial charge >= 0.3 is 24.2 Å². The molecule has 0 saturated heterocycles. The van der Waals surface area contributed by atoms with Gasteiger partial charge in [0.25, 0.3) is 0 Å². The smallest absolute Gasteiger partial charge is 0.494 e. The lowest BCUT2D eigenvalue weighted by atomic mass is 10.2. The molecule has 0 unspecified atom stereocenters.